The van der Waals surface area contributed by atoms with Gasteiger partial charge in [0.1, 0.15) is 0 Å². The van der Waals surface area contributed by atoms with Crippen LogP contribution in [0.2, 0.25) is 0 Å². The van der Waals surface area contributed by atoms with E-state index in [1.807, 2.05) is 42.6 Å². The summed E-state index contributed by atoms with van der Waals surface area (Å²) in [5.74, 6) is 1.23. The molecule has 22 heavy (non-hydrogen) atoms. The standard InChI is InChI=1S/C17H19NO3S/c1-3-21-16-11-13(6-8-15(16)20-2)7-9-17(19)18-12-14-5-4-10-22-14/h4-11H,3,12H2,1-2H3,(H,18,19)/b9-7+. The monoisotopic (exact) mass is 317 g/mol. The second-order valence-electron chi connectivity index (χ2n) is 4.47. The highest BCUT2D eigenvalue weighted by Crippen LogP contribution is 2.28. The molecule has 0 aliphatic carbocycles. The summed E-state index contributed by atoms with van der Waals surface area (Å²) in [7, 11) is 1.60. The van der Waals surface area contributed by atoms with Crippen LogP contribution in [0.25, 0.3) is 6.08 Å². The molecule has 0 unspecified atom stereocenters. The third-order valence-corrected chi connectivity index (χ3v) is 3.81. The van der Waals surface area contributed by atoms with Gasteiger partial charge in [-0.15, -0.1) is 11.3 Å². The quantitative estimate of drug-likeness (QED) is 0.795. The van der Waals surface area contributed by atoms with Gasteiger partial charge >= 0.3 is 0 Å². The first-order chi connectivity index (χ1) is 10.7. The van der Waals surface area contributed by atoms with E-state index >= 15 is 0 Å². The number of benzene rings is 1. The van der Waals surface area contributed by atoms with Gasteiger partial charge in [0.05, 0.1) is 20.3 Å². The van der Waals surface area contributed by atoms with Crippen LogP contribution in [0.15, 0.2) is 41.8 Å². The molecular formula is C17H19NO3S. The van der Waals surface area contributed by atoms with E-state index in [1.165, 1.54) is 6.08 Å². The van der Waals surface area contributed by atoms with Gasteiger partial charge in [-0.2, -0.15) is 0 Å². The second kappa shape index (κ2) is 8.24. The Kier molecular flexibility index (Phi) is 6.03. The summed E-state index contributed by atoms with van der Waals surface area (Å²) in [4.78, 5) is 12.9. The molecular weight excluding hydrogens is 298 g/mol. The predicted molar refractivity (Wildman–Crippen MR) is 89.4 cm³/mol. The number of ether oxygens (including phenoxy) is 2. The first-order valence-electron chi connectivity index (χ1n) is 7.02. The number of methoxy groups -OCH3 is 1. The Morgan fingerprint density at radius 2 is 2.18 bits per heavy atom. The summed E-state index contributed by atoms with van der Waals surface area (Å²) in [5.41, 5.74) is 0.885. The number of thiophene rings is 1. The van der Waals surface area contributed by atoms with Crippen LogP contribution >= 0.6 is 11.3 Å². The Morgan fingerprint density at radius 1 is 1.32 bits per heavy atom. The molecule has 0 aliphatic heterocycles. The largest absolute Gasteiger partial charge is 0.493 e. The van der Waals surface area contributed by atoms with Crippen LogP contribution in [-0.2, 0) is 11.3 Å². The van der Waals surface area contributed by atoms with Crippen molar-refractivity contribution in [3.8, 4) is 11.5 Å². The van der Waals surface area contributed by atoms with Gasteiger partial charge in [-0.05, 0) is 42.1 Å². The molecule has 0 fully saturated rings. The summed E-state index contributed by atoms with van der Waals surface area (Å²) in [6.45, 7) is 3.03. The highest BCUT2D eigenvalue weighted by Gasteiger charge is 2.04. The Balaban J connectivity index is 1.96. The maximum absolute atomic E-state index is 11.8. The number of carbonyl (C=O) groups excluding carboxylic acids is 1. The summed E-state index contributed by atoms with van der Waals surface area (Å²) >= 11 is 1.62. The molecule has 1 N–H and O–H groups in total. The SMILES string of the molecule is CCOc1cc(/C=C/C(=O)NCc2cccs2)ccc1OC. The van der Waals surface area contributed by atoms with Crippen molar-refractivity contribution in [2.24, 2.45) is 0 Å². The topological polar surface area (TPSA) is 47.6 Å². The van der Waals surface area contributed by atoms with Crippen molar-refractivity contribution in [2.45, 2.75) is 13.5 Å². The van der Waals surface area contributed by atoms with E-state index in [4.69, 9.17) is 9.47 Å². The Hall–Kier alpha value is -2.27. The Morgan fingerprint density at radius 3 is 2.86 bits per heavy atom. The molecule has 0 saturated heterocycles. The molecule has 4 nitrogen and oxygen atoms in total. The van der Waals surface area contributed by atoms with Crippen LogP contribution in [0.3, 0.4) is 0 Å². The average molecular weight is 317 g/mol. The zero-order chi connectivity index (χ0) is 15.8. The van der Waals surface area contributed by atoms with Crippen molar-refractivity contribution in [3.63, 3.8) is 0 Å². The van der Waals surface area contributed by atoms with Crippen molar-refractivity contribution in [2.75, 3.05) is 13.7 Å². The number of nitrogens with one attached hydrogen (secondary N) is 1. The van der Waals surface area contributed by atoms with Gasteiger partial charge in [0.25, 0.3) is 0 Å². The van der Waals surface area contributed by atoms with E-state index in [-0.39, 0.29) is 5.91 Å². The molecule has 2 aromatic rings. The van der Waals surface area contributed by atoms with Gasteiger partial charge in [0, 0.05) is 11.0 Å². The molecule has 0 aliphatic rings. The van der Waals surface area contributed by atoms with E-state index in [1.54, 1.807) is 24.5 Å². The lowest BCUT2D eigenvalue weighted by Crippen LogP contribution is -2.19. The number of carbonyl (C=O) groups is 1. The predicted octanol–water partition coefficient (Wildman–Crippen LogP) is 3.49. The van der Waals surface area contributed by atoms with Crippen molar-refractivity contribution >= 4 is 23.3 Å². The van der Waals surface area contributed by atoms with Crippen LogP contribution in [0.1, 0.15) is 17.4 Å². The highest BCUT2D eigenvalue weighted by atomic mass is 32.1. The molecule has 1 heterocycles. The summed E-state index contributed by atoms with van der Waals surface area (Å²) in [5, 5.41) is 4.84. The van der Waals surface area contributed by atoms with E-state index in [2.05, 4.69) is 5.32 Å². The van der Waals surface area contributed by atoms with E-state index in [9.17, 15) is 4.79 Å². The fourth-order valence-electron chi connectivity index (χ4n) is 1.88. The lowest BCUT2D eigenvalue weighted by Gasteiger charge is -2.09. The molecule has 116 valence electrons. The molecule has 2 rings (SSSR count). The Labute approximate surface area is 134 Å². The lowest BCUT2D eigenvalue weighted by molar-refractivity contribution is -0.116. The molecule has 0 saturated carbocycles. The van der Waals surface area contributed by atoms with E-state index < -0.39 is 0 Å². The number of rotatable bonds is 7. The summed E-state index contributed by atoms with van der Waals surface area (Å²) < 4.78 is 10.7. The van der Waals surface area contributed by atoms with Crippen molar-refractivity contribution in [3.05, 3.63) is 52.2 Å². The van der Waals surface area contributed by atoms with Gasteiger partial charge in [-0.3, -0.25) is 4.79 Å². The molecule has 0 radical (unpaired) electrons. The van der Waals surface area contributed by atoms with Crippen molar-refractivity contribution < 1.29 is 14.3 Å². The van der Waals surface area contributed by atoms with Gasteiger partial charge in [0.15, 0.2) is 11.5 Å². The third-order valence-electron chi connectivity index (χ3n) is 2.93. The zero-order valence-corrected chi connectivity index (χ0v) is 13.5. The normalized spacial score (nSPS) is 10.6. The number of hydrogen-bond donors (Lipinski definition) is 1. The zero-order valence-electron chi connectivity index (χ0n) is 12.7. The average Bonchev–Trinajstić information content (AvgIpc) is 3.05. The Bertz CT molecular complexity index is 635. The number of hydrogen-bond acceptors (Lipinski definition) is 4. The first kappa shape index (κ1) is 16.1. The smallest absolute Gasteiger partial charge is 0.244 e. The molecule has 0 spiro atoms. The second-order valence-corrected chi connectivity index (χ2v) is 5.51. The van der Waals surface area contributed by atoms with Crippen LogP contribution in [-0.4, -0.2) is 19.6 Å². The van der Waals surface area contributed by atoms with Gasteiger partial charge in [0.2, 0.25) is 5.91 Å². The van der Waals surface area contributed by atoms with Crippen molar-refractivity contribution in [1.82, 2.24) is 5.32 Å². The van der Waals surface area contributed by atoms with Crippen LogP contribution in [0.5, 0.6) is 11.5 Å². The molecule has 1 aromatic heterocycles. The minimum Gasteiger partial charge on any atom is -0.493 e. The molecule has 1 aromatic carbocycles. The fraction of sp³-hybridized carbons (Fsp3) is 0.235. The van der Waals surface area contributed by atoms with Crippen LogP contribution in [0, 0.1) is 0 Å². The fourth-order valence-corrected chi connectivity index (χ4v) is 2.53. The summed E-state index contributed by atoms with van der Waals surface area (Å²) in [6.07, 6.45) is 3.27. The molecule has 1 amide bonds. The first-order valence-corrected chi connectivity index (χ1v) is 7.90. The molecule has 0 bridgehead atoms. The van der Waals surface area contributed by atoms with Gasteiger partial charge < -0.3 is 14.8 Å². The van der Waals surface area contributed by atoms with Crippen LogP contribution < -0.4 is 14.8 Å². The minimum atomic E-state index is -0.123. The lowest BCUT2D eigenvalue weighted by atomic mass is 10.2. The maximum atomic E-state index is 11.8. The van der Waals surface area contributed by atoms with Gasteiger partial charge in [-0.25, -0.2) is 0 Å². The van der Waals surface area contributed by atoms with Crippen molar-refractivity contribution in [1.29, 1.82) is 0 Å². The maximum Gasteiger partial charge on any atom is 0.244 e. The van der Waals surface area contributed by atoms with Gasteiger partial charge in [-0.1, -0.05) is 12.1 Å². The molecule has 0 atom stereocenters. The van der Waals surface area contributed by atoms with E-state index in [0.29, 0.717) is 24.7 Å². The minimum absolute atomic E-state index is 0.123. The highest BCUT2D eigenvalue weighted by molar-refractivity contribution is 7.09. The van der Waals surface area contributed by atoms with E-state index in [0.717, 1.165) is 10.4 Å². The summed E-state index contributed by atoms with van der Waals surface area (Å²) in [6, 6.07) is 9.52. The molecule has 5 heteroatoms. The third kappa shape index (κ3) is 4.63. The number of amides is 1. The van der Waals surface area contributed by atoms with Crippen LogP contribution in [0.4, 0.5) is 0 Å².